The number of hydrogen-bond donors (Lipinski definition) is 0. The molecule has 2 fully saturated rings. The van der Waals surface area contributed by atoms with Gasteiger partial charge in [0.1, 0.15) is 5.82 Å². The molecule has 3 nitrogen and oxygen atoms in total. The highest BCUT2D eigenvalue weighted by atomic mass is 19.1. The second-order valence-electron chi connectivity index (χ2n) is 6.82. The maximum absolute atomic E-state index is 14.3. The van der Waals surface area contributed by atoms with Crippen molar-refractivity contribution in [3.05, 3.63) is 29.1 Å². The third-order valence-corrected chi connectivity index (χ3v) is 5.46. The van der Waals surface area contributed by atoms with Crippen molar-refractivity contribution in [3.8, 4) is 0 Å². The first kappa shape index (κ1) is 13.0. The second kappa shape index (κ2) is 4.39. The van der Waals surface area contributed by atoms with Gasteiger partial charge in [0.2, 0.25) is 0 Å². The van der Waals surface area contributed by atoms with E-state index in [9.17, 15) is 14.0 Å². The summed E-state index contributed by atoms with van der Waals surface area (Å²) in [6.45, 7) is 2.23. The molecule has 2 saturated carbocycles. The van der Waals surface area contributed by atoms with Crippen molar-refractivity contribution in [2.75, 3.05) is 11.4 Å². The minimum atomic E-state index is -0.559. The van der Waals surface area contributed by atoms with Gasteiger partial charge in [0.05, 0.1) is 11.3 Å². The summed E-state index contributed by atoms with van der Waals surface area (Å²) in [4.78, 5) is 25.7. The minimum absolute atomic E-state index is 0.207. The Morgan fingerprint density at radius 2 is 2.05 bits per heavy atom. The number of Topliss-reactive ketones (excluding diaryl/α,β-unsaturated/α-hetero) is 1. The van der Waals surface area contributed by atoms with E-state index in [1.165, 1.54) is 30.2 Å². The number of fused-ring (bicyclic) bond motifs is 3. The van der Waals surface area contributed by atoms with E-state index in [2.05, 4.69) is 0 Å². The van der Waals surface area contributed by atoms with Crippen LogP contribution in [0.3, 0.4) is 0 Å². The largest absolute Gasteiger partial charge is 0.302 e. The van der Waals surface area contributed by atoms with Gasteiger partial charge in [-0.2, -0.15) is 0 Å². The molecule has 2 bridgehead atoms. The van der Waals surface area contributed by atoms with Gasteiger partial charge in [0, 0.05) is 6.54 Å². The Balaban J connectivity index is 1.68. The van der Waals surface area contributed by atoms with E-state index < -0.39 is 17.5 Å². The predicted molar refractivity (Wildman–Crippen MR) is 76.8 cm³/mol. The lowest BCUT2D eigenvalue weighted by Gasteiger charge is -2.27. The summed E-state index contributed by atoms with van der Waals surface area (Å²) < 4.78 is 14.3. The quantitative estimate of drug-likeness (QED) is 0.784. The van der Waals surface area contributed by atoms with Crippen molar-refractivity contribution in [2.45, 2.75) is 32.6 Å². The Morgan fingerprint density at radius 3 is 2.71 bits per heavy atom. The van der Waals surface area contributed by atoms with E-state index in [4.69, 9.17) is 0 Å². The van der Waals surface area contributed by atoms with Crippen LogP contribution < -0.4 is 4.90 Å². The van der Waals surface area contributed by atoms with Crippen LogP contribution >= 0.6 is 0 Å². The standard InChI is InChI=1S/C17H18FNO2/c1-9-4-13-15(14(18)5-9)19(17(21)16(13)20)8-12-7-10-2-3-11(12)6-10/h4-5,10-12H,2-3,6-8H2,1H3. The van der Waals surface area contributed by atoms with Gasteiger partial charge in [0.25, 0.3) is 11.7 Å². The number of hydrogen-bond acceptors (Lipinski definition) is 2. The van der Waals surface area contributed by atoms with Crippen molar-refractivity contribution >= 4 is 17.4 Å². The molecule has 1 aliphatic heterocycles. The average Bonchev–Trinajstić information content (AvgIpc) is 3.10. The molecule has 1 heterocycles. The zero-order valence-corrected chi connectivity index (χ0v) is 12.1. The van der Waals surface area contributed by atoms with Crippen LogP contribution in [-0.4, -0.2) is 18.2 Å². The predicted octanol–water partition coefficient (Wildman–Crippen LogP) is 3.10. The number of amides is 1. The molecule has 21 heavy (non-hydrogen) atoms. The number of anilines is 1. The van der Waals surface area contributed by atoms with E-state index in [0.717, 1.165) is 12.3 Å². The molecule has 4 heteroatoms. The van der Waals surface area contributed by atoms with Gasteiger partial charge >= 0.3 is 0 Å². The Morgan fingerprint density at radius 1 is 1.24 bits per heavy atom. The number of rotatable bonds is 2. The zero-order chi connectivity index (χ0) is 14.7. The SMILES string of the molecule is Cc1cc(F)c2c(c1)C(=O)C(=O)N2CC1CC2CCC1C2. The highest BCUT2D eigenvalue weighted by Gasteiger charge is 2.44. The van der Waals surface area contributed by atoms with Crippen LogP contribution in [-0.2, 0) is 4.79 Å². The highest BCUT2D eigenvalue weighted by molar-refractivity contribution is 6.52. The van der Waals surface area contributed by atoms with E-state index in [-0.39, 0.29) is 11.3 Å². The lowest BCUT2D eigenvalue weighted by atomic mass is 9.88. The number of benzene rings is 1. The van der Waals surface area contributed by atoms with Crippen LogP contribution in [0.4, 0.5) is 10.1 Å². The molecule has 3 atom stereocenters. The summed E-state index contributed by atoms with van der Waals surface area (Å²) in [5.41, 5.74) is 1.12. The minimum Gasteiger partial charge on any atom is -0.302 e. The first-order valence-corrected chi connectivity index (χ1v) is 7.71. The Hall–Kier alpha value is -1.71. The van der Waals surface area contributed by atoms with Gasteiger partial charge < -0.3 is 4.90 Å². The molecule has 0 saturated heterocycles. The summed E-state index contributed by atoms with van der Waals surface area (Å²) in [6, 6.07) is 3.03. The van der Waals surface area contributed by atoms with E-state index in [1.807, 2.05) is 0 Å². The second-order valence-corrected chi connectivity index (χ2v) is 6.82. The molecule has 4 rings (SSSR count). The van der Waals surface area contributed by atoms with Crippen molar-refractivity contribution in [1.29, 1.82) is 0 Å². The fourth-order valence-electron chi connectivity index (χ4n) is 4.53. The molecule has 3 aliphatic rings. The molecule has 1 aromatic rings. The van der Waals surface area contributed by atoms with Crippen LogP contribution in [0.25, 0.3) is 0 Å². The van der Waals surface area contributed by atoms with E-state index in [1.54, 1.807) is 13.0 Å². The molecule has 0 spiro atoms. The van der Waals surface area contributed by atoms with Crippen molar-refractivity contribution < 1.29 is 14.0 Å². The van der Waals surface area contributed by atoms with Crippen LogP contribution in [0.1, 0.15) is 41.6 Å². The summed E-state index contributed by atoms with van der Waals surface area (Å²) >= 11 is 0. The third kappa shape index (κ3) is 1.84. The lowest BCUT2D eigenvalue weighted by molar-refractivity contribution is -0.114. The molecular weight excluding hydrogens is 269 g/mol. The molecule has 1 amide bonds. The van der Waals surface area contributed by atoms with Crippen LogP contribution in [0.15, 0.2) is 12.1 Å². The summed E-state index contributed by atoms with van der Waals surface area (Å²) in [5.74, 6) is 0.277. The number of halogens is 1. The average molecular weight is 287 g/mol. The maximum Gasteiger partial charge on any atom is 0.299 e. The fourth-order valence-corrected chi connectivity index (χ4v) is 4.53. The van der Waals surface area contributed by atoms with Crippen molar-refractivity contribution in [1.82, 2.24) is 0 Å². The smallest absolute Gasteiger partial charge is 0.299 e. The van der Waals surface area contributed by atoms with Gasteiger partial charge in [-0.15, -0.1) is 0 Å². The first-order valence-electron chi connectivity index (χ1n) is 7.71. The number of carbonyl (C=O) groups excluding carboxylic acids is 2. The maximum atomic E-state index is 14.3. The fraction of sp³-hybridized carbons (Fsp3) is 0.529. The Bertz CT molecular complexity index is 654. The van der Waals surface area contributed by atoms with Crippen LogP contribution in [0.2, 0.25) is 0 Å². The first-order chi connectivity index (χ1) is 10.0. The monoisotopic (exact) mass is 287 g/mol. The Labute approximate surface area is 123 Å². The molecule has 0 radical (unpaired) electrons. The van der Waals surface area contributed by atoms with Gasteiger partial charge in [-0.1, -0.05) is 6.42 Å². The molecule has 110 valence electrons. The van der Waals surface area contributed by atoms with Crippen LogP contribution in [0, 0.1) is 30.5 Å². The summed E-state index contributed by atoms with van der Waals surface area (Å²) in [7, 11) is 0. The molecule has 0 N–H and O–H groups in total. The summed E-state index contributed by atoms with van der Waals surface area (Å²) in [5, 5.41) is 0. The molecule has 1 aromatic carbocycles. The number of carbonyl (C=O) groups is 2. The Kier molecular flexibility index (Phi) is 2.72. The van der Waals surface area contributed by atoms with Gasteiger partial charge in [-0.25, -0.2) is 4.39 Å². The van der Waals surface area contributed by atoms with Crippen molar-refractivity contribution in [2.24, 2.45) is 17.8 Å². The topological polar surface area (TPSA) is 37.4 Å². The molecule has 0 aromatic heterocycles. The third-order valence-electron chi connectivity index (χ3n) is 5.46. The lowest BCUT2D eigenvalue weighted by Crippen LogP contribution is -2.36. The van der Waals surface area contributed by atoms with E-state index >= 15 is 0 Å². The van der Waals surface area contributed by atoms with Gasteiger partial charge in [0.15, 0.2) is 0 Å². The van der Waals surface area contributed by atoms with E-state index in [0.29, 0.717) is 23.9 Å². The molecule has 3 unspecified atom stereocenters. The number of ketones is 1. The number of nitrogens with zero attached hydrogens (tertiary/aromatic N) is 1. The van der Waals surface area contributed by atoms with Gasteiger partial charge in [-0.3, -0.25) is 9.59 Å². The normalized spacial score (nSPS) is 30.4. The molecular formula is C17H18FNO2. The van der Waals surface area contributed by atoms with Crippen molar-refractivity contribution in [3.63, 3.8) is 0 Å². The highest BCUT2D eigenvalue weighted by Crippen LogP contribution is 2.49. The number of aryl methyl sites for hydroxylation is 1. The van der Waals surface area contributed by atoms with Crippen LogP contribution in [0.5, 0.6) is 0 Å². The molecule has 2 aliphatic carbocycles. The summed E-state index contributed by atoms with van der Waals surface area (Å²) in [6.07, 6.45) is 4.86. The van der Waals surface area contributed by atoms with Gasteiger partial charge in [-0.05, 0) is 61.6 Å². The zero-order valence-electron chi connectivity index (χ0n) is 12.1.